The molecule has 3 nitrogen and oxygen atoms in total. The molecule has 1 heterocycles. The zero-order chi connectivity index (χ0) is 9.68. The molecule has 0 unspecified atom stereocenters. The fraction of sp³-hybridized carbons (Fsp3) is 0.600. The predicted octanol–water partition coefficient (Wildman–Crippen LogP) is 1.38. The van der Waals surface area contributed by atoms with Crippen molar-refractivity contribution in [2.75, 3.05) is 32.9 Å². The molecule has 3 heteroatoms. The van der Waals surface area contributed by atoms with E-state index in [-0.39, 0.29) is 0 Å². The third-order valence-corrected chi connectivity index (χ3v) is 1.94. The van der Waals surface area contributed by atoms with Crippen LogP contribution in [0.5, 0.6) is 0 Å². The fourth-order valence-corrected chi connectivity index (χ4v) is 1.27. The summed E-state index contributed by atoms with van der Waals surface area (Å²) in [6.45, 7) is 13.4. The lowest BCUT2D eigenvalue weighted by molar-refractivity contribution is 0.0695. The van der Waals surface area contributed by atoms with Gasteiger partial charge in [0.2, 0.25) is 0 Å². The van der Waals surface area contributed by atoms with Crippen LogP contribution in [-0.2, 0) is 9.47 Å². The molecule has 1 aliphatic rings. The van der Waals surface area contributed by atoms with Crippen LogP contribution in [-0.4, -0.2) is 37.8 Å². The number of hydrogen-bond acceptors (Lipinski definition) is 3. The molecule has 0 spiro atoms. The van der Waals surface area contributed by atoms with Gasteiger partial charge in [0.05, 0.1) is 26.4 Å². The quantitative estimate of drug-likeness (QED) is 0.615. The Balaban J connectivity index is 2.33. The van der Waals surface area contributed by atoms with E-state index in [4.69, 9.17) is 9.47 Å². The van der Waals surface area contributed by atoms with Crippen LogP contribution in [0.2, 0.25) is 0 Å². The van der Waals surface area contributed by atoms with Crippen molar-refractivity contribution in [3.63, 3.8) is 0 Å². The van der Waals surface area contributed by atoms with Crippen molar-refractivity contribution in [1.29, 1.82) is 0 Å². The van der Waals surface area contributed by atoms with Crippen LogP contribution in [0.3, 0.4) is 0 Å². The smallest absolute Gasteiger partial charge is 0.108 e. The molecule has 0 amide bonds. The summed E-state index contributed by atoms with van der Waals surface area (Å²) in [5.74, 6) is 0.797. The van der Waals surface area contributed by atoms with E-state index in [1.165, 1.54) is 0 Å². The lowest BCUT2D eigenvalue weighted by Gasteiger charge is -2.31. The molecule has 0 atom stereocenters. The molecule has 0 bridgehead atoms. The normalized spacial score (nSPS) is 17.3. The van der Waals surface area contributed by atoms with Gasteiger partial charge in [-0.1, -0.05) is 13.2 Å². The summed E-state index contributed by atoms with van der Waals surface area (Å²) in [4.78, 5) is 2.14. The van der Waals surface area contributed by atoms with Crippen molar-refractivity contribution in [2.24, 2.45) is 0 Å². The van der Waals surface area contributed by atoms with Crippen LogP contribution in [0.4, 0.5) is 0 Å². The minimum Gasteiger partial charge on any atom is -0.497 e. The minimum absolute atomic E-state index is 0.624. The topological polar surface area (TPSA) is 21.7 Å². The molecular formula is C10H17NO2. The lowest BCUT2D eigenvalue weighted by Crippen LogP contribution is -2.35. The van der Waals surface area contributed by atoms with Gasteiger partial charge in [-0.05, 0) is 6.92 Å². The van der Waals surface area contributed by atoms with Gasteiger partial charge in [0.1, 0.15) is 5.76 Å². The van der Waals surface area contributed by atoms with Crippen molar-refractivity contribution in [2.45, 2.75) is 6.92 Å². The first-order valence-corrected chi connectivity index (χ1v) is 4.55. The number of ether oxygens (including phenoxy) is 2. The molecule has 13 heavy (non-hydrogen) atoms. The first-order valence-electron chi connectivity index (χ1n) is 4.55. The summed E-state index contributed by atoms with van der Waals surface area (Å²) in [6, 6.07) is 0. The highest BCUT2D eigenvalue weighted by Crippen LogP contribution is 2.10. The second-order valence-corrected chi connectivity index (χ2v) is 3.01. The molecule has 1 rings (SSSR count). The molecule has 0 N–H and O–H groups in total. The molecule has 74 valence electrons. The van der Waals surface area contributed by atoms with Crippen molar-refractivity contribution < 1.29 is 9.47 Å². The Morgan fingerprint density at radius 3 is 3.08 bits per heavy atom. The van der Waals surface area contributed by atoms with Crippen LogP contribution in [0, 0.1) is 0 Å². The third-order valence-electron chi connectivity index (χ3n) is 1.94. The molecule has 0 aromatic carbocycles. The Labute approximate surface area is 79.6 Å². The summed E-state index contributed by atoms with van der Waals surface area (Å²) in [5, 5.41) is 0. The van der Waals surface area contributed by atoms with Gasteiger partial charge in [-0.3, -0.25) is 0 Å². The first-order chi connectivity index (χ1) is 6.24. The Morgan fingerprint density at radius 1 is 1.69 bits per heavy atom. The first kappa shape index (κ1) is 10.1. The van der Waals surface area contributed by atoms with Crippen LogP contribution >= 0.6 is 0 Å². The van der Waals surface area contributed by atoms with Gasteiger partial charge in [-0.2, -0.15) is 0 Å². The summed E-state index contributed by atoms with van der Waals surface area (Å²) < 4.78 is 10.5. The molecule has 0 aromatic rings. The van der Waals surface area contributed by atoms with Crippen molar-refractivity contribution in [3.8, 4) is 0 Å². The maximum absolute atomic E-state index is 5.27. The average Bonchev–Trinajstić information content (AvgIpc) is 2.09. The Kier molecular flexibility index (Phi) is 3.83. The van der Waals surface area contributed by atoms with Crippen molar-refractivity contribution in [3.05, 3.63) is 24.6 Å². The van der Waals surface area contributed by atoms with Gasteiger partial charge in [0.25, 0.3) is 0 Å². The Hall–Kier alpha value is -0.960. The van der Waals surface area contributed by atoms with Gasteiger partial charge in [-0.25, -0.2) is 0 Å². The molecule has 0 aromatic heterocycles. The van der Waals surface area contributed by atoms with E-state index in [1.807, 2.05) is 6.92 Å². The van der Waals surface area contributed by atoms with Crippen molar-refractivity contribution >= 4 is 0 Å². The second kappa shape index (κ2) is 4.92. The van der Waals surface area contributed by atoms with E-state index < -0.39 is 0 Å². The monoisotopic (exact) mass is 183 g/mol. The molecular weight excluding hydrogens is 166 g/mol. The zero-order valence-corrected chi connectivity index (χ0v) is 8.21. The van der Waals surface area contributed by atoms with E-state index in [0.29, 0.717) is 13.2 Å². The average molecular weight is 183 g/mol. The molecule has 0 radical (unpaired) electrons. The summed E-state index contributed by atoms with van der Waals surface area (Å²) in [6.07, 6.45) is 0. The van der Waals surface area contributed by atoms with Gasteiger partial charge < -0.3 is 14.4 Å². The maximum atomic E-state index is 5.27. The summed E-state index contributed by atoms with van der Waals surface area (Å²) in [5.41, 5.74) is 1.01. The largest absolute Gasteiger partial charge is 0.497 e. The SMILES string of the molecule is C=C(CN1CCOCC1=C)OCC. The predicted molar refractivity (Wildman–Crippen MR) is 52.3 cm³/mol. The van der Waals surface area contributed by atoms with Gasteiger partial charge in [-0.15, -0.1) is 0 Å². The van der Waals surface area contributed by atoms with Gasteiger partial charge in [0.15, 0.2) is 0 Å². The van der Waals surface area contributed by atoms with E-state index >= 15 is 0 Å². The van der Waals surface area contributed by atoms with E-state index in [1.54, 1.807) is 0 Å². The van der Waals surface area contributed by atoms with Gasteiger partial charge in [0, 0.05) is 12.2 Å². The van der Waals surface area contributed by atoms with Crippen LogP contribution in [0.1, 0.15) is 6.92 Å². The van der Waals surface area contributed by atoms with Crippen LogP contribution in [0.15, 0.2) is 24.6 Å². The van der Waals surface area contributed by atoms with Crippen LogP contribution in [0.25, 0.3) is 0 Å². The standard InChI is InChI=1S/C10H17NO2/c1-4-13-10(3)7-11-5-6-12-8-9(11)2/h2-8H2,1H3. The number of rotatable bonds is 4. The van der Waals surface area contributed by atoms with Crippen molar-refractivity contribution in [1.82, 2.24) is 4.90 Å². The highest BCUT2D eigenvalue weighted by molar-refractivity contribution is 5.01. The molecule has 0 saturated carbocycles. The van der Waals surface area contributed by atoms with E-state index in [2.05, 4.69) is 18.1 Å². The van der Waals surface area contributed by atoms with Crippen LogP contribution < -0.4 is 0 Å². The number of nitrogens with zero attached hydrogens (tertiary/aromatic N) is 1. The van der Waals surface area contributed by atoms with E-state index in [0.717, 1.165) is 31.2 Å². The Morgan fingerprint density at radius 2 is 2.46 bits per heavy atom. The Bertz CT molecular complexity index is 201. The molecule has 1 fully saturated rings. The lowest BCUT2D eigenvalue weighted by atomic mass is 10.3. The molecule has 0 aliphatic carbocycles. The highest BCUT2D eigenvalue weighted by atomic mass is 16.5. The highest BCUT2D eigenvalue weighted by Gasteiger charge is 2.13. The van der Waals surface area contributed by atoms with E-state index in [9.17, 15) is 0 Å². The number of morpholine rings is 1. The molecule has 1 aliphatic heterocycles. The summed E-state index contributed by atoms with van der Waals surface area (Å²) >= 11 is 0. The second-order valence-electron chi connectivity index (χ2n) is 3.01. The maximum Gasteiger partial charge on any atom is 0.108 e. The zero-order valence-electron chi connectivity index (χ0n) is 8.21. The minimum atomic E-state index is 0.624. The summed E-state index contributed by atoms with van der Waals surface area (Å²) in [7, 11) is 0. The van der Waals surface area contributed by atoms with Gasteiger partial charge >= 0.3 is 0 Å². The molecule has 1 saturated heterocycles. The fourth-order valence-electron chi connectivity index (χ4n) is 1.27. The third kappa shape index (κ3) is 3.11. The number of hydrogen-bond donors (Lipinski definition) is 0.